The second-order valence-corrected chi connectivity index (χ2v) is 19.3. The average molecular weight is 769 g/mol. The molecular formula is C52H50O2P2. The summed E-state index contributed by atoms with van der Waals surface area (Å²) < 4.78 is 14.1. The largest absolute Gasteiger partial charge is 0.381 e. The fourth-order valence-corrected chi connectivity index (χ4v) is 15.1. The van der Waals surface area contributed by atoms with Gasteiger partial charge in [0.05, 0.1) is 6.10 Å². The molecule has 1 aliphatic rings. The number of benzene rings is 7. The van der Waals surface area contributed by atoms with Crippen LogP contribution in [0, 0.1) is 11.8 Å². The number of methoxy groups -OCH3 is 1. The fourth-order valence-electron chi connectivity index (χ4n) is 8.99. The minimum atomic E-state index is -0.763. The molecule has 0 spiro atoms. The predicted molar refractivity (Wildman–Crippen MR) is 239 cm³/mol. The Labute approximate surface area is 336 Å². The molecule has 0 heterocycles. The van der Waals surface area contributed by atoms with Crippen LogP contribution < -0.4 is 21.2 Å². The van der Waals surface area contributed by atoms with Crippen LogP contribution in [0.15, 0.2) is 212 Å². The number of hydrogen-bond acceptors (Lipinski definition) is 2. The predicted octanol–water partition coefficient (Wildman–Crippen LogP) is 10.7. The Morgan fingerprint density at radius 1 is 0.464 bits per heavy atom. The Balaban J connectivity index is 1.21. The monoisotopic (exact) mass is 768 g/mol. The summed E-state index contributed by atoms with van der Waals surface area (Å²) in [5.41, 5.74) is 3.07. The quantitative estimate of drug-likeness (QED) is 0.0764. The minimum absolute atomic E-state index is 0.119. The van der Waals surface area contributed by atoms with E-state index in [1.807, 2.05) is 7.11 Å². The molecule has 4 heteroatoms. The molecule has 1 saturated carbocycles. The van der Waals surface area contributed by atoms with E-state index < -0.39 is 21.4 Å². The van der Waals surface area contributed by atoms with Gasteiger partial charge in [0.2, 0.25) is 0 Å². The Morgan fingerprint density at radius 3 is 1.20 bits per heavy atom. The average Bonchev–Trinajstić information content (AvgIpc) is 3.62. The van der Waals surface area contributed by atoms with E-state index in [0.29, 0.717) is 24.1 Å². The lowest BCUT2D eigenvalue weighted by Crippen LogP contribution is -2.35. The standard InChI is InChI=1S/C52H50O2P2/c1-53-50-39-51(56(46-33-19-7-20-34-46)47-35-21-8-22-36-47)49(40-55(44-29-15-5-16-30-44)45-31-17-6-18-32-45)48(50)37-38-54-52(41-23-9-2-10-24-41,42-25-11-3-12-26-42)43-27-13-4-14-28-43/h2-36,48-51H,37-40H2,1H3/t48-,49-,50?,51+/m1/s1. The summed E-state index contributed by atoms with van der Waals surface area (Å²) in [6, 6.07) is 77.4. The smallest absolute Gasteiger partial charge is 0.143 e. The normalized spacial score (nSPS) is 18.3. The number of rotatable bonds is 15. The summed E-state index contributed by atoms with van der Waals surface area (Å²) in [6.07, 6.45) is 3.13. The van der Waals surface area contributed by atoms with Crippen LogP contribution >= 0.6 is 15.8 Å². The summed E-state index contributed by atoms with van der Waals surface area (Å²) in [7, 11) is 0.626. The summed E-state index contributed by atoms with van der Waals surface area (Å²) in [6.45, 7) is 0.593. The third-order valence-electron chi connectivity index (χ3n) is 11.5. The maximum atomic E-state index is 7.49. The van der Waals surface area contributed by atoms with Crippen molar-refractivity contribution in [2.75, 3.05) is 19.9 Å². The number of hydrogen-bond donors (Lipinski definition) is 0. The van der Waals surface area contributed by atoms with E-state index in [4.69, 9.17) is 9.47 Å². The second kappa shape index (κ2) is 18.5. The molecule has 0 N–H and O–H groups in total. The van der Waals surface area contributed by atoms with Gasteiger partial charge in [0.25, 0.3) is 0 Å². The molecule has 7 aromatic rings. The van der Waals surface area contributed by atoms with Crippen molar-refractivity contribution in [3.63, 3.8) is 0 Å². The summed E-state index contributed by atoms with van der Waals surface area (Å²) in [5.74, 6) is 0.709. The Kier molecular flexibility index (Phi) is 12.6. The van der Waals surface area contributed by atoms with E-state index in [9.17, 15) is 0 Å². The van der Waals surface area contributed by atoms with Gasteiger partial charge in [-0.3, -0.25) is 0 Å². The van der Waals surface area contributed by atoms with Crippen molar-refractivity contribution in [2.45, 2.75) is 30.2 Å². The summed E-state index contributed by atoms with van der Waals surface area (Å²) in [4.78, 5) is 0. The lowest BCUT2D eigenvalue weighted by Gasteiger charge is -2.38. The van der Waals surface area contributed by atoms with Gasteiger partial charge in [0.15, 0.2) is 0 Å². The maximum Gasteiger partial charge on any atom is 0.143 e. The molecule has 0 saturated heterocycles. The number of ether oxygens (including phenoxy) is 2. The van der Waals surface area contributed by atoms with Gasteiger partial charge in [-0.2, -0.15) is 0 Å². The van der Waals surface area contributed by atoms with Crippen molar-refractivity contribution in [3.8, 4) is 0 Å². The third-order valence-corrected chi connectivity index (χ3v) is 17.1. The molecule has 0 aromatic heterocycles. The first-order valence-electron chi connectivity index (χ1n) is 19.9. The van der Waals surface area contributed by atoms with Crippen molar-refractivity contribution >= 4 is 37.1 Å². The Bertz CT molecular complexity index is 2010. The molecule has 1 aliphatic carbocycles. The van der Waals surface area contributed by atoms with Crippen molar-refractivity contribution < 1.29 is 9.47 Å². The minimum Gasteiger partial charge on any atom is -0.381 e. The zero-order chi connectivity index (χ0) is 38.0. The molecule has 1 unspecified atom stereocenters. The molecule has 7 aromatic carbocycles. The Hall–Kier alpha value is -4.68. The lowest BCUT2D eigenvalue weighted by molar-refractivity contribution is -0.0120. The van der Waals surface area contributed by atoms with E-state index in [-0.39, 0.29) is 6.10 Å². The molecule has 0 amide bonds. The van der Waals surface area contributed by atoms with Crippen molar-refractivity contribution in [3.05, 3.63) is 229 Å². The van der Waals surface area contributed by atoms with Crippen LogP contribution in [-0.4, -0.2) is 31.6 Å². The van der Waals surface area contributed by atoms with Gasteiger partial charge in [0.1, 0.15) is 5.60 Å². The summed E-state index contributed by atoms with van der Waals surface area (Å²) >= 11 is 0. The third kappa shape index (κ3) is 8.23. The van der Waals surface area contributed by atoms with E-state index in [0.717, 1.165) is 35.7 Å². The van der Waals surface area contributed by atoms with Crippen LogP contribution in [0.25, 0.3) is 0 Å². The highest BCUT2D eigenvalue weighted by atomic mass is 31.1. The highest BCUT2D eigenvalue weighted by Crippen LogP contribution is 2.57. The van der Waals surface area contributed by atoms with Crippen LogP contribution in [-0.2, 0) is 15.1 Å². The van der Waals surface area contributed by atoms with Crippen LogP contribution in [0.5, 0.6) is 0 Å². The zero-order valence-corrected chi connectivity index (χ0v) is 33.8. The first-order valence-corrected chi connectivity index (χ1v) is 22.8. The topological polar surface area (TPSA) is 18.5 Å². The zero-order valence-electron chi connectivity index (χ0n) is 32.1. The molecule has 1 fully saturated rings. The van der Waals surface area contributed by atoms with Crippen LogP contribution in [0.2, 0.25) is 0 Å². The molecular weight excluding hydrogens is 719 g/mol. The van der Waals surface area contributed by atoms with Gasteiger partial charge >= 0.3 is 0 Å². The van der Waals surface area contributed by atoms with E-state index in [1.165, 1.54) is 21.2 Å². The van der Waals surface area contributed by atoms with Crippen molar-refractivity contribution in [2.24, 2.45) is 11.8 Å². The van der Waals surface area contributed by atoms with Gasteiger partial charge in [-0.15, -0.1) is 0 Å². The molecule has 0 radical (unpaired) electrons. The van der Waals surface area contributed by atoms with Crippen LogP contribution in [0.4, 0.5) is 0 Å². The lowest BCUT2D eigenvalue weighted by atomic mass is 9.80. The molecule has 280 valence electrons. The highest BCUT2D eigenvalue weighted by molar-refractivity contribution is 7.74. The van der Waals surface area contributed by atoms with Gasteiger partial charge in [0, 0.05) is 13.7 Å². The van der Waals surface area contributed by atoms with E-state index >= 15 is 0 Å². The van der Waals surface area contributed by atoms with E-state index in [1.54, 1.807) is 0 Å². The SMILES string of the molecule is COC1C[C@H](P(c2ccccc2)c2ccccc2)[C@H](CP(c2ccccc2)c2ccccc2)[C@H]1CCOC(c1ccccc1)(c1ccccc1)c1ccccc1. The highest BCUT2D eigenvalue weighted by Gasteiger charge is 2.48. The molecule has 0 aliphatic heterocycles. The fraction of sp³-hybridized carbons (Fsp3) is 0.192. The Morgan fingerprint density at radius 2 is 0.821 bits per heavy atom. The first kappa shape index (κ1) is 38.2. The molecule has 0 bridgehead atoms. The van der Waals surface area contributed by atoms with Crippen LogP contribution in [0.1, 0.15) is 29.5 Å². The molecule has 4 atom stereocenters. The van der Waals surface area contributed by atoms with Gasteiger partial charge < -0.3 is 9.47 Å². The molecule has 8 rings (SSSR count). The van der Waals surface area contributed by atoms with Gasteiger partial charge in [-0.25, -0.2) is 0 Å². The summed E-state index contributed by atoms with van der Waals surface area (Å²) in [5, 5.41) is 5.75. The second-order valence-electron chi connectivity index (χ2n) is 14.6. The van der Waals surface area contributed by atoms with Gasteiger partial charge in [-0.1, -0.05) is 212 Å². The maximum absolute atomic E-state index is 7.49. The first-order chi connectivity index (χ1) is 27.8. The van der Waals surface area contributed by atoms with Gasteiger partial charge in [-0.05, 0) is 90.3 Å². The van der Waals surface area contributed by atoms with E-state index in [2.05, 4.69) is 212 Å². The molecule has 56 heavy (non-hydrogen) atoms. The molecule has 2 nitrogen and oxygen atoms in total. The van der Waals surface area contributed by atoms with Crippen LogP contribution in [0.3, 0.4) is 0 Å². The van der Waals surface area contributed by atoms with Crippen molar-refractivity contribution in [1.29, 1.82) is 0 Å². The van der Waals surface area contributed by atoms with Crippen molar-refractivity contribution in [1.82, 2.24) is 0 Å².